The maximum atomic E-state index is 12.5. The Hall–Kier alpha value is -3.52. The summed E-state index contributed by atoms with van der Waals surface area (Å²) in [5.74, 6) is 0.493. The number of benzene rings is 2. The molecule has 4 rings (SSSR count). The molecule has 160 valence electrons. The van der Waals surface area contributed by atoms with Gasteiger partial charge >= 0.3 is 0 Å². The third-order valence-corrected chi connectivity index (χ3v) is 5.42. The second kappa shape index (κ2) is 9.53. The molecule has 0 saturated carbocycles. The zero-order valence-electron chi connectivity index (χ0n) is 17.2. The molecule has 3 aromatic rings. The van der Waals surface area contributed by atoms with E-state index in [4.69, 9.17) is 10.3 Å². The standard InChI is InChI=1S/C23H25N5O3/c24-22(30)19-11-6-14-28(19)15-17-9-4-5-10-18(17)25-20(29)12-13-21-26-23(27-31-21)16-7-2-1-3-8-16/h1-5,7-10,19H,6,11-15H2,(H2,24,30)(H,25,29). The number of aryl methyl sites for hydroxylation is 1. The highest BCUT2D eigenvalue weighted by atomic mass is 16.5. The van der Waals surface area contributed by atoms with Crippen molar-refractivity contribution in [1.29, 1.82) is 0 Å². The fourth-order valence-electron chi connectivity index (χ4n) is 3.83. The van der Waals surface area contributed by atoms with Crippen molar-refractivity contribution in [2.24, 2.45) is 5.73 Å². The van der Waals surface area contributed by atoms with Gasteiger partial charge in [-0.15, -0.1) is 0 Å². The number of carbonyl (C=O) groups excluding carboxylic acids is 2. The normalized spacial score (nSPS) is 16.3. The van der Waals surface area contributed by atoms with Crippen LogP contribution in [-0.4, -0.2) is 39.4 Å². The molecule has 0 spiro atoms. The van der Waals surface area contributed by atoms with Crippen molar-refractivity contribution in [2.75, 3.05) is 11.9 Å². The van der Waals surface area contributed by atoms with E-state index in [9.17, 15) is 9.59 Å². The third-order valence-electron chi connectivity index (χ3n) is 5.42. The van der Waals surface area contributed by atoms with Gasteiger partial charge in [-0.05, 0) is 31.0 Å². The molecule has 3 N–H and O–H groups in total. The summed E-state index contributed by atoms with van der Waals surface area (Å²) in [4.78, 5) is 30.6. The van der Waals surface area contributed by atoms with Gasteiger partial charge in [0.1, 0.15) is 0 Å². The fraction of sp³-hybridized carbons (Fsp3) is 0.304. The number of nitrogens with one attached hydrogen (secondary N) is 1. The number of nitrogens with zero attached hydrogens (tertiary/aromatic N) is 3. The van der Waals surface area contributed by atoms with E-state index in [0.29, 0.717) is 24.7 Å². The van der Waals surface area contributed by atoms with Gasteiger partial charge in [0.25, 0.3) is 0 Å². The highest BCUT2D eigenvalue weighted by Crippen LogP contribution is 2.24. The molecule has 1 saturated heterocycles. The first-order valence-corrected chi connectivity index (χ1v) is 10.4. The minimum atomic E-state index is -0.298. The van der Waals surface area contributed by atoms with Crippen LogP contribution in [0.2, 0.25) is 0 Å². The van der Waals surface area contributed by atoms with Gasteiger partial charge in [-0.25, -0.2) is 0 Å². The van der Waals surface area contributed by atoms with Crippen molar-refractivity contribution in [3.63, 3.8) is 0 Å². The lowest BCUT2D eigenvalue weighted by Gasteiger charge is -2.23. The Kier molecular flexibility index (Phi) is 6.37. The van der Waals surface area contributed by atoms with Crippen LogP contribution in [0, 0.1) is 0 Å². The second-order valence-electron chi connectivity index (χ2n) is 7.61. The van der Waals surface area contributed by atoms with E-state index in [0.717, 1.165) is 36.2 Å². The summed E-state index contributed by atoms with van der Waals surface area (Å²) < 4.78 is 5.27. The van der Waals surface area contributed by atoms with E-state index in [-0.39, 0.29) is 24.3 Å². The van der Waals surface area contributed by atoms with E-state index >= 15 is 0 Å². The molecule has 1 atom stereocenters. The molecule has 0 aliphatic carbocycles. The van der Waals surface area contributed by atoms with Crippen LogP contribution in [0.3, 0.4) is 0 Å². The molecule has 2 aromatic carbocycles. The molecule has 31 heavy (non-hydrogen) atoms. The summed E-state index contributed by atoms with van der Waals surface area (Å²) in [6.45, 7) is 1.38. The molecule has 0 bridgehead atoms. The largest absolute Gasteiger partial charge is 0.368 e. The number of hydrogen-bond acceptors (Lipinski definition) is 6. The van der Waals surface area contributed by atoms with E-state index in [1.165, 1.54) is 0 Å². The topological polar surface area (TPSA) is 114 Å². The molecule has 1 aromatic heterocycles. The van der Waals surface area contributed by atoms with E-state index in [1.54, 1.807) is 0 Å². The minimum Gasteiger partial charge on any atom is -0.368 e. The zero-order chi connectivity index (χ0) is 21.6. The number of nitrogens with two attached hydrogens (primary N) is 1. The predicted molar refractivity (Wildman–Crippen MR) is 116 cm³/mol. The van der Waals surface area contributed by atoms with Crippen molar-refractivity contribution in [3.05, 3.63) is 66.1 Å². The minimum absolute atomic E-state index is 0.139. The SMILES string of the molecule is NC(=O)C1CCCN1Cc1ccccc1NC(=O)CCc1nc(-c2ccccc2)no1. The Morgan fingerprint density at radius 2 is 1.90 bits per heavy atom. The van der Waals surface area contributed by atoms with Crippen LogP contribution in [0.25, 0.3) is 11.4 Å². The lowest BCUT2D eigenvalue weighted by Crippen LogP contribution is -2.39. The molecule has 1 aliphatic rings. The molecule has 1 unspecified atom stereocenters. The maximum absolute atomic E-state index is 12.5. The molecular weight excluding hydrogens is 394 g/mol. The van der Waals surface area contributed by atoms with Gasteiger partial charge in [0.15, 0.2) is 0 Å². The van der Waals surface area contributed by atoms with Crippen molar-refractivity contribution < 1.29 is 14.1 Å². The molecular formula is C23H25N5O3. The van der Waals surface area contributed by atoms with Gasteiger partial charge in [0.2, 0.25) is 23.5 Å². The summed E-state index contributed by atoms with van der Waals surface area (Å²) >= 11 is 0. The van der Waals surface area contributed by atoms with Crippen LogP contribution < -0.4 is 11.1 Å². The van der Waals surface area contributed by atoms with Crippen molar-refractivity contribution in [1.82, 2.24) is 15.0 Å². The highest BCUT2D eigenvalue weighted by Gasteiger charge is 2.29. The van der Waals surface area contributed by atoms with E-state index in [2.05, 4.69) is 20.4 Å². The number of para-hydroxylation sites is 1. The quantitative estimate of drug-likeness (QED) is 0.580. The van der Waals surface area contributed by atoms with Gasteiger partial charge in [0, 0.05) is 30.6 Å². The van der Waals surface area contributed by atoms with Crippen LogP contribution in [0.15, 0.2) is 59.1 Å². The Morgan fingerprint density at radius 1 is 1.13 bits per heavy atom. The molecule has 2 amide bonds. The van der Waals surface area contributed by atoms with Gasteiger partial charge in [-0.1, -0.05) is 53.7 Å². The van der Waals surface area contributed by atoms with Gasteiger partial charge in [-0.2, -0.15) is 4.98 Å². The van der Waals surface area contributed by atoms with Crippen molar-refractivity contribution in [3.8, 4) is 11.4 Å². The van der Waals surface area contributed by atoms with E-state index < -0.39 is 0 Å². The lowest BCUT2D eigenvalue weighted by atomic mass is 10.1. The first kappa shape index (κ1) is 20.7. The predicted octanol–water partition coefficient (Wildman–Crippen LogP) is 2.76. The molecule has 0 radical (unpaired) electrons. The Morgan fingerprint density at radius 3 is 2.71 bits per heavy atom. The van der Waals surface area contributed by atoms with Crippen LogP contribution in [-0.2, 0) is 22.6 Å². The summed E-state index contributed by atoms with van der Waals surface area (Å²) in [6.07, 6.45) is 2.29. The number of rotatable bonds is 8. The summed E-state index contributed by atoms with van der Waals surface area (Å²) in [5, 5.41) is 6.95. The molecule has 2 heterocycles. The Bertz CT molecular complexity index is 1050. The number of amides is 2. The number of primary amides is 1. The molecule has 1 aliphatic heterocycles. The van der Waals surface area contributed by atoms with Crippen molar-refractivity contribution >= 4 is 17.5 Å². The summed E-state index contributed by atoms with van der Waals surface area (Å²) in [5.41, 5.74) is 8.08. The summed E-state index contributed by atoms with van der Waals surface area (Å²) in [6, 6.07) is 16.9. The first-order valence-electron chi connectivity index (χ1n) is 10.4. The van der Waals surface area contributed by atoms with Crippen LogP contribution in [0.5, 0.6) is 0 Å². The highest BCUT2D eigenvalue weighted by molar-refractivity contribution is 5.91. The van der Waals surface area contributed by atoms with Gasteiger partial charge in [0.05, 0.1) is 6.04 Å². The Labute approximate surface area is 180 Å². The van der Waals surface area contributed by atoms with E-state index in [1.807, 2.05) is 54.6 Å². The van der Waals surface area contributed by atoms with Crippen LogP contribution in [0.4, 0.5) is 5.69 Å². The van der Waals surface area contributed by atoms with Crippen LogP contribution >= 0.6 is 0 Å². The number of likely N-dealkylation sites (tertiary alicyclic amines) is 1. The fourth-order valence-corrected chi connectivity index (χ4v) is 3.83. The molecule has 8 nitrogen and oxygen atoms in total. The lowest BCUT2D eigenvalue weighted by molar-refractivity contribution is -0.122. The zero-order valence-corrected chi connectivity index (χ0v) is 17.2. The molecule has 8 heteroatoms. The van der Waals surface area contributed by atoms with Gasteiger partial charge < -0.3 is 15.6 Å². The average Bonchev–Trinajstić information content (AvgIpc) is 3.44. The molecule has 1 fully saturated rings. The smallest absolute Gasteiger partial charge is 0.234 e. The van der Waals surface area contributed by atoms with Gasteiger partial charge in [-0.3, -0.25) is 14.5 Å². The average molecular weight is 419 g/mol. The maximum Gasteiger partial charge on any atom is 0.234 e. The number of hydrogen-bond donors (Lipinski definition) is 2. The summed E-state index contributed by atoms with van der Waals surface area (Å²) in [7, 11) is 0. The van der Waals surface area contributed by atoms with Crippen molar-refractivity contribution in [2.45, 2.75) is 38.3 Å². The third kappa shape index (κ3) is 5.16. The van der Waals surface area contributed by atoms with Crippen LogP contribution in [0.1, 0.15) is 30.7 Å². The Balaban J connectivity index is 1.35. The first-order chi connectivity index (χ1) is 15.1. The number of aromatic nitrogens is 2. The second-order valence-corrected chi connectivity index (χ2v) is 7.61. The monoisotopic (exact) mass is 419 g/mol. The number of anilines is 1. The number of carbonyl (C=O) groups is 2.